The van der Waals surface area contributed by atoms with Gasteiger partial charge >= 0.3 is 0 Å². The SMILES string of the molecule is CCCCCCCCCCCCn1cc[n+](CC(C)=NO)c1. The zero-order chi connectivity index (χ0) is 16.0. The van der Waals surface area contributed by atoms with Crippen LogP contribution < -0.4 is 4.57 Å². The van der Waals surface area contributed by atoms with Crippen molar-refractivity contribution in [2.75, 3.05) is 0 Å². The van der Waals surface area contributed by atoms with E-state index in [1.165, 1.54) is 64.2 Å². The predicted molar refractivity (Wildman–Crippen MR) is 91.4 cm³/mol. The van der Waals surface area contributed by atoms with Crippen LogP contribution in [0, 0.1) is 0 Å². The molecule has 0 fully saturated rings. The summed E-state index contributed by atoms with van der Waals surface area (Å²) in [5, 5.41) is 11.9. The second-order valence-corrected chi connectivity index (χ2v) is 6.34. The lowest BCUT2D eigenvalue weighted by Crippen LogP contribution is -2.34. The van der Waals surface area contributed by atoms with E-state index in [2.05, 4.69) is 29.2 Å². The van der Waals surface area contributed by atoms with Crippen LogP contribution in [0.4, 0.5) is 0 Å². The molecule has 1 N–H and O–H groups in total. The summed E-state index contributed by atoms with van der Waals surface area (Å²) in [6.45, 7) is 5.83. The molecule has 0 aliphatic heterocycles. The highest BCUT2D eigenvalue weighted by atomic mass is 16.4. The Balaban J connectivity index is 1.98. The summed E-state index contributed by atoms with van der Waals surface area (Å²) >= 11 is 0. The zero-order valence-electron chi connectivity index (χ0n) is 14.5. The van der Waals surface area contributed by atoms with Gasteiger partial charge in [0, 0.05) is 0 Å². The first kappa shape index (κ1) is 18.7. The third-order valence-corrected chi connectivity index (χ3v) is 4.10. The van der Waals surface area contributed by atoms with Gasteiger partial charge in [0.25, 0.3) is 0 Å². The van der Waals surface area contributed by atoms with Crippen LogP contribution in [0.1, 0.15) is 78.1 Å². The average molecular weight is 308 g/mol. The van der Waals surface area contributed by atoms with E-state index in [1.54, 1.807) is 0 Å². The Morgan fingerprint density at radius 1 is 1.00 bits per heavy atom. The first-order chi connectivity index (χ1) is 10.8. The van der Waals surface area contributed by atoms with E-state index in [9.17, 15) is 0 Å². The number of oxime groups is 1. The fourth-order valence-corrected chi connectivity index (χ4v) is 2.74. The Kier molecular flexibility index (Phi) is 10.4. The maximum absolute atomic E-state index is 8.68. The lowest BCUT2D eigenvalue weighted by molar-refractivity contribution is -0.681. The molecule has 0 aliphatic rings. The predicted octanol–water partition coefficient (Wildman–Crippen LogP) is 4.55. The van der Waals surface area contributed by atoms with Crippen molar-refractivity contribution in [3.63, 3.8) is 0 Å². The van der Waals surface area contributed by atoms with Crippen LogP contribution in [0.5, 0.6) is 0 Å². The molecule has 0 amide bonds. The topological polar surface area (TPSA) is 41.4 Å². The minimum Gasteiger partial charge on any atom is -0.411 e. The van der Waals surface area contributed by atoms with Crippen LogP contribution in [0.15, 0.2) is 23.9 Å². The van der Waals surface area contributed by atoms with Gasteiger partial charge in [-0.3, -0.25) is 0 Å². The summed E-state index contributed by atoms with van der Waals surface area (Å²) < 4.78 is 4.26. The van der Waals surface area contributed by atoms with E-state index in [0.717, 1.165) is 12.3 Å². The van der Waals surface area contributed by atoms with Crippen molar-refractivity contribution in [3.8, 4) is 0 Å². The summed E-state index contributed by atoms with van der Waals surface area (Å²) in [7, 11) is 0. The summed E-state index contributed by atoms with van der Waals surface area (Å²) in [4.78, 5) is 0. The molecule has 0 unspecified atom stereocenters. The van der Waals surface area contributed by atoms with Gasteiger partial charge in [-0.05, 0) is 19.8 Å². The Morgan fingerprint density at radius 3 is 2.18 bits per heavy atom. The van der Waals surface area contributed by atoms with Crippen LogP contribution >= 0.6 is 0 Å². The molecule has 0 spiro atoms. The quantitative estimate of drug-likeness (QED) is 0.188. The zero-order valence-corrected chi connectivity index (χ0v) is 14.5. The van der Waals surface area contributed by atoms with E-state index in [1.807, 2.05) is 17.7 Å². The molecule has 0 bridgehead atoms. The second-order valence-electron chi connectivity index (χ2n) is 6.34. The van der Waals surface area contributed by atoms with Gasteiger partial charge in [-0.25, -0.2) is 9.13 Å². The molecule has 22 heavy (non-hydrogen) atoms. The van der Waals surface area contributed by atoms with Gasteiger partial charge in [0.05, 0.1) is 12.3 Å². The van der Waals surface area contributed by atoms with Crippen LogP contribution in [-0.4, -0.2) is 15.5 Å². The van der Waals surface area contributed by atoms with Gasteiger partial charge in [-0.2, -0.15) is 0 Å². The van der Waals surface area contributed by atoms with Crippen molar-refractivity contribution < 1.29 is 9.77 Å². The molecule has 1 aromatic heterocycles. The van der Waals surface area contributed by atoms with E-state index in [0.29, 0.717) is 6.54 Å². The Hall–Kier alpha value is -1.32. The minimum absolute atomic E-state index is 0.654. The first-order valence-corrected chi connectivity index (χ1v) is 8.98. The number of nitrogens with zero attached hydrogens (tertiary/aromatic N) is 3. The summed E-state index contributed by atoms with van der Waals surface area (Å²) in [5.41, 5.74) is 0.724. The maximum atomic E-state index is 8.68. The van der Waals surface area contributed by atoms with Gasteiger partial charge in [0.15, 0.2) is 0 Å². The average Bonchev–Trinajstić information content (AvgIpc) is 2.96. The number of aryl methyl sites for hydroxylation is 1. The van der Waals surface area contributed by atoms with Gasteiger partial charge in [-0.1, -0.05) is 63.4 Å². The highest BCUT2D eigenvalue weighted by molar-refractivity contribution is 5.79. The van der Waals surface area contributed by atoms with Gasteiger partial charge in [-0.15, -0.1) is 0 Å². The fraction of sp³-hybridized carbons (Fsp3) is 0.778. The first-order valence-electron chi connectivity index (χ1n) is 8.98. The van der Waals surface area contributed by atoms with Gasteiger partial charge < -0.3 is 5.21 Å². The van der Waals surface area contributed by atoms with Crippen LogP contribution in [0.25, 0.3) is 0 Å². The molecular formula is C18H34N3O+. The van der Waals surface area contributed by atoms with Gasteiger partial charge in [0.2, 0.25) is 6.33 Å². The number of rotatable bonds is 13. The van der Waals surface area contributed by atoms with Gasteiger partial charge in [0.1, 0.15) is 18.9 Å². The molecule has 4 nitrogen and oxygen atoms in total. The van der Waals surface area contributed by atoms with E-state index >= 15 is 0 Å². The molecule has 0 saturated carbocycles. The van der Waals surface area contributed by atoms with Crippen LogP contribution in [0.2, 0.25) is 0 Å². The normalized spacial score (nSPS) is 12.0. The van der Waals surface area contributed by atoms with E-state index in [4.69, 9.17) is 5.21 Å². The van der Waals surface area contributed by atoms with Crippen molar-refractivity contribution in [2.24, 2.45) is 5.16 Å². The lowest BCUT2D eigenvalue weighted by atomic mass is 10.1. The molecule has 0 aromatic carbocycles. The van der Waals surface area contributed by atoms with E-state index in [-0.39, 0.29) is 0 Å². The molecule has 4 heteroatoms. The third-order valence-electron chi connectivity index (χ3n) is 4.10. The standard InChI is InChI=1S/C18H33N3O/c1-3-4-5-6-7-8-9-10-11-12-13-20-14-15-21(17-20)16-18(2)19-22/h14-15,17H,3-13,16H2,1-2H3/p+1. The number of hydrogen-bond donors (Lipinski definition) is 1. The third kappa shape index (κ3) is 8.85. The molecule has 1 aromatic rings. The number of unbranched alkanes of at least 4 members (excludes halogenated alkanes) is 9. The highest BCUT2D eigenvalue weighted by Gasteiger charge is 2.04. The number of imidazole rings is 1. The smallest absolute Gasteiger partial charge is 0.244 e. The van der Waals surface area contributed by atoms with Crippen molar-refractivity contribution >= 4 is 5.71 Å². The van der Waals surface area contributed by atoms with Crippen molar-refractivity contribution in [1.82, 2.24) is 4.57 Å². The molecule has 0 saturated heterocycles. The number of hydrogen-bond acceptors (Lipinski definition) is 2. The molecule has 1 rings (SSSR count). The van der Waals surface area contributed by atoms with Crippen LogP contribution in [-0.2, 0) is 13.1 Å². The van der Waals surface area contributed by atoms with Crippen molar-refractivity contribution in [1.29, 1.82) is 0 Å². The summed E-state index contributed by atoms with van der Waals surface area (Å²) in [5.74, 6) is 0. The van der Waals surface area contributed by atoms with E-state index < -0.39 is 0 Å². The molecule has 0 aliphatic carbocycles. The Morgan fingerprint density at radius 2 is 1.59 bits per heavy atom. The molecule has 126 valence electrons. The molecule has 0 atom stereocenters. The summed E-state index contributed by atoms with van der Waals surface area (Å²) in [6.07, 6.45) is 20.0. The minimum atomic E-state index is 0.654. The van der Waals surface area contributed by atoms with Crippen molar-refractivity contribution in [3.05, 3.63) is 18.7 Å². The second kappa shape index (κ2) is 12.2. The molecule has 0 radical (unpaired) electrons. The van der Waals surface area contributed by atoms with Crippen molar-refractivity contribution in [2.45, 2.75) is 91.1 Å². The molecule has 1 heterocycles. The highest BCUT2D eigenvalue weighted by Crippen LogP contribution is 2.10. The number of aromatic nitrogens is 2. The maximum Gasteiger partial charge on any atom is 0.244 e. The molecular weight excluding hydrogens is 274 g/mol. The summed E-state index contributed by atoms with van der Waals surface area (Å²) in [6, 6.07) is 0. The monoisotopic (exact) mass is 308 g/mol. The fourth-order valence-electron chi connectivity index (χ4n) is 2.74. The lowest BCUT2D eigenvalue weighted by Gasteiger charge is -2.01. The Labute approximate surface area is 135 Å². The van der Waals surface area contributed by atoms with Crippen LogP contribution in [0.3, 0.4) is 0 Å². The Bertz CT molecular complexity index is 412. The largest absolute Gasteiger partial charge is 0.411 e.